The molecule has 0 radical (unpaired) electrons. The van der Waals surface area contributed by atoms with Crippen LogP contribution in [-0.2, 0) is 20.4 Å². The van der Waals surface area contributed by atoms with Gasteiger partial charge in [0, 0.05) is 16.9 Å². The minimum Gasteiger partial charge on any atom is -0.494 e. The van der Waals surface area contributed by atoms with Gasteiger partial charge in [-0.3, -0.25) is 19.7 Å². The molecule has 4 aliphatic rings. The number of rotatable bonds is 3. The third-order valence-electron chi connectivity index (χ3n) is 8.26. The second-order valence-corrected chi connectivity index (χ2v) is 9.58. The molecular weight excluding hydrogens is 432 g/mol. The highest BCUT2D eigenvalue weighted by Crippen LogP contribution is 2.66. The number of imide groups is 1. The molecule has 7 nitrogen and oxygen atoms in total. The van der Waals surface area contributed by atoms with Crippen LogP contribution in [0.1, 0.15) is 36.1 Å². The second-order valence-electron chi connectivity index (χ2n) is 9.58. The summed E-state index contributed by atoms with van der Waals surface area (Å²) in [7, 11) is 1.37. The number of amides is 2. The molecule has 2 amide bonds. The smallest absolute Gasteiger partial charge is 0.273 e. The predicted molar refractivity (Wildman–Crippen MR) is 125 cm³/mol. The molecular formula is C27H22N2O5. The van der Waals surface area contributed by atoms with E-state index in [9.17, 15) is 19.7 Å². The van der Waals surface area contributed by atoms with Crippen molar-refractivity contribution < 1.29 is 19.2 Å². The van der Waals surface area contributed by atoms with E-state index in [0.717, 1.165) is 22.3 Å². The van der Waals surface area contributed by atoms with Crippen molar-refractivity contribution in [2.75, 3.05) is 12.0 Å². The number of ether oxygens (including phenoxy) is 1. The highest BCUT2D eigenvalue weighted by atomic mass is 16.6. The number of hydrogen-bond donors (Lipinski definition) is 0. The van der Waals surface area contributed by atoms with Gasteiger partial charge in [0.15, 0.2) is 0 Å². The van der Waals surface area contributed by atoms with E-state index in [-0.39, 0.29) is 28.9 Å². The Bertz CT molecular complexity index is 1310. The molecule has 7 heteroatoms. The van der Waals surface area contributed by atoms with Crippen LogP contribution in [0.5, 0.6) is 5.75 Å². The molecule has 2 bridgehead atoms. The quantitative estimate of drug-likeness (QED) is 0.334. The van der Waals surface area contributed by atoms with Crippen LogP contribution in [0, 0.1) is 22.0 Å². The van der Waals surface area contributed by atoms with Gasteiger partial charge >= 0.3 is 0 Å². The van der Waals surface area contributed by atoms with Gasteiger partial charge in [0.2, 0.25) is 11.8 Å². The third-order valence-corrected chi connectivity index (χ3v) is 8.26. The second kappa shape index (κ2) is 6.53. The van der Waals surface area contributed by atoms with Gasteiger partial charge in [-0.15, -0.1) is 0 Å². The van der Waals surface area contributed by atoms with Crippen LogP contribution >= 0.6 is 0 Å². The number of anilines is 1. The van der Waals surface area contributed by atoms with Gasteiger partial charge in [0.25, 0.3) is 5.69 Å². The van der Waals surface area contributed by atoms with Gasteiger partial charge < -0.3 is 4.74 Å². The van der Waals surface area contributed by atoms with Crippen molar-refractivity contribution >= 4 is 23.2 Å². The zero-order chi connectivity index (χ0) is 24.0. The van der Waals surface area contributed by atoms with Crippen molar-refractivity contribution in [1.82, 2.24) is 0 Å². The van der Waals surface area contributed by atoms with Crippen molar-refractivity contribution in [3.8, 4) is 5.75 Å². The van der Waals surface area contributed by atoms with Crippen LogP contribution < -0.4 is 9.64 Å². The van der Waals surface area contributed by atoms with Crippen molar-refractivity contribution in [3.63, 3.8) is 0 Å². The molecule has 3 aromatic carbocycles. The monoisotopic (exact) mass is 454 g/mol. The van der Waals surface area contributed by atoms with Gasteiger partial charge in [-0.05, 0) is 28.3 Å². The van der Waals surface area contributed by atoms with Gasteiger partial charge in [-0.2, -0.15) is 0 Å². The fourth-order valence-electron chi connectivity index (χ4n) is 6.77. The van der Waals surface area contributed by atoms with Gasteiger partial charge in [0.1, 0.15) is 5.75 Å². The van der Waals surface area contributed by atoms with Crippen molar-refractivity contribution in [1.29, 1.82) is 0 Å². The number of benzene rings is 3. The molecule has 0 saturated carbocycles. The molecule has 0 N–H and O–H groups in total. The SMILES string of the molecule is COc1cc([N+](=O)[O-])ccc1N1C(=O)[C@@H]2[C@H](C1=O)C1(C)c3ccccc3C2(C)c2ccccc21. The first-order chi connectivity index (χ1) is 16.3. The van der Waals surface area contributed by atoms with E-state index >= 15 is 0 Å². The summed E-state index contributed by atoms with van der Waals surface area (Å²) in [4.78, 5) is 40.1. The van der Waals surface area contributed by atoms with Crippen LogP contribution in [0.3, 0.4) is 0 Å². The van der Waals surface area contributed by atoms with E-state index in [2.05, 4.69) is 38.1 Å². The van der Waals surface area contributed by atoms with Crippen molar-refractivity contribution in [2.45, 2.75) is 24.7 Å². The third kappa shape index (κ3) is 2.17. The largest absolute Gasteiger partial charge is 0.494 e. The van der Waals surface area contributed by atoms with Crippen LogP contribution in [0.2, 0.25) is 0 Å². The summed E-state index contributed by atoms with van der Waals surface area (Å²) in [6.45, 7) is 4.12. The minimum atomic E-state index is -0.689. The van der Waals surface area contributed by atoms with Gasteiger partial charge in [0.05, 0.1) is 35.6 Å². The van der Waals surface area contributed by atoms with E-state index in [1.165, 1.54) is 30.2 Å². The molecule has 1 saturated heterocycles. The number of carbonyl (C=O) groups excluding carboxylic acids is 2. The van der Waals surface area contributed by atoms with Crippen LogP contribution in [0.4, 0.5) is 11.4 Å². The maximum absolute atomic E-state index is 14.1. The lowest BCUT2D eigenvalue weighted by Crippen LogP contribution is -2.59. The maximum Gasteiger partial charge on any atom is 0.273 e. The van der Waals surface area contributed by atoms with Gasteiger partial charge in [-0.1, -0.05) is 62.4 Å². The Kier molecular flexibility index (Phi) is 3.96. The average Bonchev–Trinajstić information content (AvgIpc) is 3.13. The molecule has 7 rings (SSSR count). The molecule has 1 heterocycles. The number of nitrogens with zero attached hydrogens (tertiary/aromatic N) is 2. The lowest BCUT2D eigenvalue weighted by Gasteiger charge is -2.57. The highest BCUT2D eigenvalue weighted by Gasteiger charge is 2.70. The van der Waals surface area contributed by atoms with E-state index in [0.29, 0.717) is 0 Å². The average molecular weight is 454 g/mol. The summed E-state index contributed by atoms with van der Waals surface area (Å²) in [6, 6.07) is 20.1. The number of carbonyl (C=O) groups is 2. The van der Waals surface area contributed by atoms with Gasteiger partial charge in [-0.25, -0.2) is 4.90 Å². The molecule has 34 heavy (non-hydrogen) atoms. The Morgan fingerprint density at radius 2 is 1.26 bits per heavy atom. The molecule has 0 aromatic heterocycles. The lowest BCUT2D eigenvalue weighted by atomic mass is 9.42. The summed E-state index contributed by atoms with van der Waals surface area (Å²) in [6.07, 6.45) is 0. The van der Waals surface area contributed by atoms with Crippen molar-refractivity contribution in [3.05, 3.63) is 99.1 Å². The Labute approximate surface area is 196 Å². The van der Waals surface area contributed by atoms with E-state index in [1.807, 2.05) is 24.3 Å². The zero-order valence-corrected chi connectivity index (χ0v) is 18.9. The molecule has 3 aromatic rings. The zero-order valence-electron chi connectivity index (χ0n) is 18.9. The molecule has 0 spiro atoms. The Morgan fingerprint density at radius 3 is 1.65 bits per heavy atom. The summed E-state index contributed by atoms with van der Waals surface area (Å²) in [5.74, 6) is -1.70. The normalized spacial score (nSPS) is 28.4. The first kappa shape index (κ1) is 20.6. The van der Waals surface area contributed by atoms with E-state index in [1.54, 1.807) is 0 Å². The fraction of sp³-hybridized carbons (Fsp3) is 0.259. The number of methoxy groups -OCH3 is 1. The van der Waals surface area contributed by atoms with Crippen LogP contribution in [0.15, 0.2) is 66.7 Å². The fourth-order valence-corrected chi connectivity index (χ4v) is 6.77. The summed E-state index contributed by atoms with van der Waals surface area (Å²) < 4.78 is 5.39. The Hall–Kier alpha value is -4.00. The highest BCUT2D eigenvalue weighted by molar-refractivity contribution is 6.24. The number of non-ortho nitro benzene ring substituents is 1. The summed E-state index contributed by atoms with van der Waals surface area (Å²) in [5.41, 5.74) is 2.95. The number of hydrogen-bond acceptors (Lipinski definition) is 5. The lowest BCUT2D eigenvalue weighted by molar-refractivity contribution is -0.384. The molecule has 3 aliphatic carbocycles. The first-order valence-electron chi connectivity index (χ1n) is 11.2. The Morgan fingerprint density at radius 1 is 0.824 bits per heavy atom. The molecule has 2 atom stereocenters. The van der Waals surface area contributed by atoms with Crippen LogP contribution in [0.25, 0.3) is 0 Å². The maximum atomic E-state index is 14.1. The molecule has 1 fully saturated rings. The number of nitro groups is 1. The molecule has 170 valence electrons. The van der Waals surface area contributed by atoms with Crippen LogP contribution in [-0.4, -0.2) is 23.8 Å². The molecule has 0 unspecified atom stereocenters. The van der Waals surface area contributed by atoms with Crippen molar-refractivity contribution in [2.24, 2.45) is 11.8 Å². The predicted octanol–water partition coefficient (Wildman–Crippen LogP) is 4.35. The molecule has 1 aliphatic heterocycles. The minimum absolute atomic E-state index is 0.118. The number of nitro benzene ring substituents is 1. The first-order valence-corrected chi connectivity index (χ1v) is 11.2. The summed E-state index contributed by atoms with van der Waals surface area (Å²) in [5, 5.41) is 11.3. The topological polar surface area (TPSA) is 89.8 Å². The standard InChI is InChI=1S/C27H22N2O5/c1-26-16-8-4-6-10-18(16)27(2,19-11-7-5-9-17(19)26)23-22(26)24(30)28(25(23)31)20-13-12-15(29(32)33)14-21(20)34-3/h4-14,22-23H,1-3H3/t22-,23+,26?,27?. The van der Waals surface area contributed by atoms with E-state index < -0.39 is 27.6 Å². The summed E-state index contributed by atoms with van der Waals surface area (Å²) >= 11 is 0. The Balaban J connectivity index is 1.61. The van der Waals surface area contributed by atoms with E-state index in [4.69, 9.17) is 4.74 Å².